The van der Waals surface area contributed by atoms with Gasteiger partial charge in [0.15, 0.2) is 0 Å². The predicted octanol–water partition coefficient (Wildman–Crippen LogP) is 7.20. The van der Waals surface area contributed by atoms with Crippen molar-refractivity contribution in [2.45, 2.75) is 45.1 Å². The molecule has 0 unspecified atom stereocenters. The maximum absolute atomic E-state index is 13.4. The largest absolute Gasteiger partial charge is 0.444 e. The summed E-state index contributed by atoms with van der Waals surface area (Å²) in [6.45, 7) is 6.56. The molecule has 2 heterocycles. The van der Waals surface area contributed by atoms with Gasteiger partial charge in [-0.25, -0.2) is 9.48 Å². The van der Waals surface area contributed by atoms with E-state index in [9.17, 15) is 9.59 Å². The van der Waals surface area contributed by atoms with Crippen molar-refractivity contribution in [3.63, 3.8) is 0 Å². The van der Waals surface area contributed by atoms with Gasteiger partial charge in [0, 0.05) is 39.8 Å². The lowest BCUT2D eigenvalue weighted by Gasteiger charge is -2.34. The van der Waals surface area contributed by atoms with Gasteiger partial charge in [-0.15, -0.1) is 0 Å². The number of rotatable bonds is 4. The van der Waals surface area contributed by atoms with Gasteiger partial charge in [-0.05, 0) is 76.1 Å². The lowest BCUT2D eigenvalue weighted by Crippen LogP contribution is -2.41. The van der Waals surface area contributed by atoms with Gasteiger partial charge in [-0.1, -0.05) is 34.8 Å². The van der Waals surface area contributed by atoms with E-state index >= 15 is 0 Å². The Labute approximate surface area is 225 Å². The van der Waals surface area contributed by atoms with E-state index in [0.29, 0.717) is 52.2 Å². The molecule has 0 radical (unpaired) electrons. The number of hydrogen-bond donors (Lipinski definition) is 1. The molecule has 2 aromatic carbocycles. The minimum atomic E-state index is -0.560. The van der Waals surface area contributed by atoms with Gasteiger partial charge in [-0.2, -0.15) is 5.10 Å². The molecule has 2 amide bonds. The molecular formula is C26H27Cl3N4O3. The van der Waals surface area contributed by atoms with Crippen LogP contribution in [-0.2, 0) is 4.74 Å². The minimum Gasteiger partial charge on any atom is -0.444 e. The third-order valence-corrected chi connectivity index (χ3v) is 6.46. The molecule has 1 fully saturated rings. The molecule has 0 saturated carbocycles. The van der Waals surface area contributed by atoms with Crippen LogP contribution in [0.2, 0.25) is 15.1 Å². The first-order valence-corrected chi connectivity index (χ1v) is 12.7. The van der Waals surface area contributed by atoms with Crippen molar-refractivity contribution in [3.05, 3.63) is 75.0 Å². The molecule has 0 aliphatic carbocycles. The van der Waals surface area contributed by atoms with Gasteiger partial charge in [-0.3, -0.25) is 4.79 Å². The Morgan fingerprint density at radius 1 is 0.972 bits per heavy atom. The Morgan fingerprint density at radius 3 is 2.17 bits per heavy atom. The highest BCUT2D eigenvalue weighted by Gasteiger charge is 2.32. The third kappa shape index (κ3) is 6.33. The number of nitrogens with zero attached hydrogens (tertiary/aromatic N) is 3. The van der Waals surface area contributed by atoms with Crippen LogP contribution in [0.15, 0.2) is 48.7 Å². The summed E-state index contributed by atoms with van der Waals surface area (Å²) in [6.07, 6.45) is 2.54. The van der Waals surface area contributed by atoms with E-state index in [1.807, 2.05) is 32.9 Å². The zero-order valence-electron chi connectivity index (χ0n) is 20.2. The van der Waals surface area contributed by atoms with Gasteiger partial charge in [0.2, 0.25) is 0 Å². The normalized spacial score (nSPS) is 14.6. The van der Waals surface area contributed by atoms with Crippen LogP contribution in [-0.4, -0.2) is 45.4 Å². The van der Waals surface area contributed by atoms with Crippen LogP contribution in [0.3, 0.4) is 0 Å². The average molecular weight is 550 g/mol. The number of benzene rings is 2. The van der Waals surface area contributed by atoms with Crippen molar-refractivity contribution in [3.8, 4) is 5.69 Å². The molecule has 1 saturated heterocycles. The Kier molecular flexibility index (Phi) is 7.83. The van der Waals surface area contributed by atoms with E-state index in [4.69, 9.17) is 39.5 Å². The first-order chi connectivity index (χ1) is 17.0. The van der Waals surface area contributed by atoms with Crippen LogP contribution in [0.1, 0.15) is 55.6 Å². The lowest BCUT2D eigenvalue weighted by molar-refractivity contribution is 0.0203. The second-order valence-corrected chi connectivity index (χ2v) is 11.0. The van der Waals surface area contributed by atoms with Crippen molar-refractivity contribution in [1.29, 1.82) is 0 Å². The van der Waals surface area contributed by atoms with Crippen LogP contribution < -0.4 is 5.32 Å². The number of carbonyl (C=O) groups is 2. The summed E-state index contributed by atoms with van der Waals surface area (Å²) < 4.78 is 7.29. The first-order valence-electron chi connectivity index (χ1n) is 11.6. The van der Waals surface area contributed by atoms with Crippen molar-refractivity contribution >= 4 is 52.5 Å². The summed E-state index contributed by atoms with van der Waals surface area (Å²) in [5, 5.41) is 8.87. The quantitative estimate of drug-likeness (QED) is 0.373. The van der Waals surface area contributed by atoms with Crippen LogP contribution in [0.4, 0.5) is 10.5 Å². The monoisotopic (exact) mass is 548 g/mol. The summed E-state index contributed by atoms with van der Waals surface area (Å²) in [4.78, 5) is 27.6. The molecule has 3 aromatic rings. The maximum Gasteiger partial charge on any atom is 0.410 e. The first kappa shape index (κ1) is 26.3. The number of carbonyl (C=O) groups excluding carboxylic acids is 2. The molecule has 1 aromatic heterocycles. The Morgan fingerprint density at radius 2 is 1.58 bits per heavy atom. The number of anilines is 1. The van der Waals surface area contributed by atoms with Crippen molar-refractivity contribution in [2.75, 3.05) is 18.4 Å². The standard InChI is InChI=1S/C26H27Cl3N4O3/c1-26(2,3)36-25(35)32-10-8-16(9-11-32)23-22(15-30-33(23)21-6-4-17(27)5-7-21)24(34)31-20-13-18(28)12-19(29)14-20/h4-7,12-16H,8-11H2,1-3H3,(H,31,34). The Balaban J connectivity index is 1.62. The summed E-state index contributed by atoms with van der Waals surface area (Å²) in [7, 11) is 0. The van der Waals surface area contributed by atoms with Crippen LogP contribution in [0, 0.1) is 0 Å². The number of ether oxygens (including phenoxy) is 1. The van der Waals surface area contributed by atoms with Gasteiger partial charge in [0.05, 0.1) is 23.1 Å². The topological polar surface area (TPSA) is 76.5 Å². The van der Waals surface area contributed by atoms with E-state index < -0.39 is 5.60 Å². The van der Waals surface area contributed by atoms with Crippen molar-refractivity contribution in [1.82, 2.24) is 14.7 Å². The fraction of sp³-hybridized carbons (Fsp3) is 0.346. The fourth-order valence-corrected chi connectivity index (χ4v) is 4.85. The van der Waals surface area contributed by atoms with E-state index in [1.165, 1.54) is 0 Å². The van der Waals surface area contributed by atoms with Gasteiger partial charge in [0.1, 0.15) is 5.60 Å². The highest BCUT2D eigenvalue weighted by molar-refractivity contribution is 6.35. The second kappa shape index (κ2) is 10.7. The molecule has 0 atom stereocenters. The number of amides is 2. The van der Waals surface area contributed by atoms with Crippen LogP contribution >= 0.6 is 34.8 Å². The molecule has 4 rings (SSSR count). The molecule has 190 valence electrons. The number of likely N-dealkylation sites (tertiary alicyclic amines) is 1. The number of halogens is 3. The highest BCUT2D eigenvalue weighted by atomic mass is 35.5. The number of aromatic nitrogens is 2. The molecule has 7 nitrogen and oxygen atoms in total. The molecule has 0 bridgehead atoms. The Hall–Kier alpha value is -2.74. The molecule has 1 N–H and O–H groups in total. The lowest BCUT2D eigenvalue weighted by atomic mass is 9.90. The van der Waals surface area contributed by atoms with Crippen LogP contribution in [0.5, 0.6) is 0 Å². The number of hydrogen-bond acceptors (Lipinski definition) is 4. The van der Waals surface area contributed by atoms with Crippen molar-refractivity contribution < 1.29 is 14.3 Å². The smallest absolute Gasteiger partial charge is 0.410 e. The van der Waals surface area contributed by atoms with E-state index in [-0.39, 0.29) is 17.9 Å². The van der Waals surface area contributed by atoms with Crippen LogP contribution in [0.25, 0.3) is 5.69 Å². The van der Waals surface area contributed by atoms with Crippen molar-refractivity contribution in [2.24, 2.45) is 0 Å². The van der Waals surface area contributed by atoms with Gasteiger partial charge < -0.3 is 15.0 Å². The molecule has 10 heteroatoms. The molecule has 1 aliphatic heterocycles. The molecule has 0 spiro atoms. The van der Waals surface area contributed by atoms with Gasteiger partial charge in [0.25, 0.3) is 5.91 Å². The fourth-order valence-electron chi connectivity index (χ4n) is 4.20. The molecule has 1 aliphatic rings. The molecular weight excluding hydrogens is 523 g/mol. The summed E-state index contributed by atoms with van der Waals surface area (Å²) in [5.74, 6) is -0.330. The van der Waals surface area contributed by atoms with E-state index in [0.717, 1.165) is 11.4 Å². The summed E-state index contributed by atoms with van der Waals surface area (Å²) in [5.41, 5.74) is 1.93. The average Bonchev–Trinajstić information content (AvgIpc) is 3.23. The number of nitrogens with one attached hydrogen (secondary N) is 1. The SMILES string of the molecule is CC(C)(C)OC(=O)N1CCC(c2c(C(=O)Nc3cc(Cl)cc(Cl)c3)cnn2-c2ccc(Cl)cc2)CC1. The third-order valence-electron chi connectivity index (χ3n) is 5.78. The summed E-state index contributed by atoms with van der Waals surface area (Å²) in [6, 6.07) is 12.1. The molecule has 36 heavy (non-hydrogen) atoms. The van der Waals surface area contributed by atoms with E-state index in [2.05, 4.69) is 10.4 Å². The second-order valence-electron chi connectivity index (χ2n) is 9.69. The zero-order valence-corrected chi connectivity index (χ0v) is 22.5. The summed E-state index contributed by atoms with van der Waals surface area (Å²) >= 11 is 18.3. The zero-order chi connectivity index (χ0) is 26.0. The number of piperidine rings is 1. The highest BCUT2D eigenvalue weighted by Crippen LogP contribution is 2.33. The van der Waals surface area contributed by atoms with Gasteiger partial charge >= 0.3 is 6.09 Å². The Bertz CT molecular complexity index is 1240. The minimum absolute atomic E-state index is 0.00874. The predicted molar refractivity (Wildman–Crippen MR) is 143 cm³/mol. The van der Waals surface area contributed by atoms with E-state index in [1.54, 1.807) is 46.1 Å². The maximum atomic E-state index is 13.4.